The van der Waals surface area contributed by atoms with Gasteiger partial charge in [0.05, 0.1) is 22.2 Å². The zero-order valence-corrected chi connectivity index (χ0v) is 26.4. The number of amides is 2. The van der Waals surface area contributed by atoms with E-state index in [1.54, 1.807) is 33.8 Å². The molecule has 2 amide bonds. The maximum atomic E-state index is 12.7. The van der Waals surface area contributed by atoms with Crippen molar-refractivity contribution >= 4 is 62.0 Å². The number of anilines is 2. The van der Waals surface area contributed by atoms with E-state index in [9.17, 15) is 22.8 Å². The number of alkyl halides is 1. The molecule has 39 heavy (non-hydrogen) atoms. The van der Waals surface area contributed by atoms with Gasteiger partial charge in [-0.25, -0.2) is 8.42 Å². The van der Waals surface area contributed by atoms with Crippen molar-refractivity contribution in [1.29, 1.82) is 0 Å². The van der Waals surface area contributed by atoms with Gasteiger partial charge in [-0.15, -0.1) is 11.6 Å². The second-order valence-electron chi connectivity index (χ2n) is 11.3. The van der Waals surface area contributed by atoms with Crippen molar-refractivity contribution in [2.75, 3.05) is 22.1 Å². The molecular formula is C29H46Cl2N2O5S. The van der Waals surface area contributed by atoms with Crippen LogP contribution >= 0.6 is 23.2 Å². The summed E-state index contributed by atoms with van der Waals surface area (Å²) in [6, 6.07) is 4.46. The van der Waals surface area contributed by atoms with Crippen LogP contribution in [0.1, 0.15) is 98.8 Å². The van der Waals surface area contributed by atoms with Crippen molar-refractivity contribution in [2.45, 2.75) is 104 Å². The van der Waals surface area contributed by atoms with Crippen molar-refractivity contribution in [2.24, 2.45) is 11.3 Å². The highest BCUT2D eigenvalue weighted by atomic mass is 35.5. The number of sulfone groups is 1. The first kappa shape index (κ1) is 35.4. The fraction of sp³-hybridized carbons (Fsp3) is 0.690. The van der Waals surface area contributed by atoms with Gasteiger partial charge in [-0.05, 0) is 24.6 Å². The maximum Gasteiger partial charge on any atom is 0.250 e. The standard InChI is InChI=1S/C29H46Cl2N2O5S/c1-6-7-8-9-10-11-12-13-14-15-18-39(37,38)20-21(2)27(35)32-22-16-17-23(30)24(19-22)33-28(36)25(31)26(34)29(3,4)5/h16-17,19,21,25H,6-15,18,20H2,1-5H3,(H,32,35)(H,33,36). The van der Waals surface area contributed by atoms with E-state index < -0.39 is 44.1 Å². The number of halogens is 2. The normalized spacial score (nSPS) is 13.5. The van der Waals surface area contributed by atoms with E-state index >= 15 is 0 Å². The predicted molar refractivity (Wildman–Crippen MR) is 162 cm³/mol. The molecule has 0 aromatic heterocycles. The van der Waals surface area contributed by atoms with Crippen LogP contribution in [0.2, 0.25) is 5.02 Å². The maximum absolute atomic E-state index is 12.7. The average Bonchev–Trinajstić information content (AvgIpc) is 2.85. The summed E-state index contributed by atoms with van der Waals surface area (Å²) in [5.74, 6) is -2.55. The number of carbonyl (C=O) groups is 3. The number of carbonyl (C=O) groups excluding carboxylic acids is 3. The van der Waals surface area contributed by atoms with E-state index in [2.05, 4.69) is 17.6 Å². The number of ketones is 1. The van der Waals surface area contributed by atoms with E-state index in [-0.39, 0.29) is 22.2 Å². The largest absolute Gasteiger partial charge is 0.326 e. The van der Waals surface area contributed by atoms with Crippen LogP contribution in [0.15, 0.2) is 18.2 Å². The molecule has 0 aliphatic carbocycles. The van der Waals surface area contributed by atoms with Gasteiger partial charge in [-0.3, -0.25) is 14.4 Å². The van der Waals surface area contributed by atoms with E-state index in [1.807, 2.05) is 0 Å². The van der Waals surface area contributed by atoms with Crippen molar-refractivity contribution < 1.29 is 22.8 Å². The lowest BCUT2D eigenvalue weighted by Crippen LogP contribution is -2.37. The molecular weight excluding hydrogens is 559 g/mol. The zero-order valence-electron chi connectivity index (χ0n) is 24.1. The Balaban J connectivity index is 2.54. The molecule has 0 heterocycles. The fourth-order valence-electron chi connectivity index (χ4n) is 4.01. The molecule has 2 unspecified atom stereocenters. The number of Topliss-reactive ketones (excluding diaryl/α,β-unsaturated/α-hetero) is 1. The Morgan fingerprint density at radius 1 is 0.872 bits per heavy atom. The lowest BCUT2D eigenvalue weighted by molar-refractivity contribution is -0.130. The monoisotopic (exact) mass is 604 g/mol. The lowest BCUT2D eigenvalue weighted by Gasteiger charge is -2.20. The number of rotatable bonds is 18. The van der Waals surface area contributed by atoms with Gasteiger partial charge in [-0.1, -0.05) is 104 Å². The molecule has 0 spiro atoms. The Bertz CT molecular complexity index is 1050. The van der Waals surface area contributed by atoms with Crippen LogP contribution in [0.4, 0.5) is 11.4 Å². The Kier molecular flexibility index (Phi) is 15.6. The highest BCUT2D eigenvalue weighted by Crippen LogP contribution is 2.27. The van der Waals surface area contributed by atoms with Crippen molar-refractivity contribution in [3.05, 3.63) is 23.2 Å². The number of nitrogens with one attached hydrogen (secondary N) is 2. The van der Waals surface area contributed by atoms with Crippen molar-refractivity contribution in [3.8, 4) is 0 Å². The van der Waals surface area contributed by atoms with Crippen LogP contribution in [-0.2, 0) is 24.2 Å². The van der Waals surface area contributed by atoms with E-state index in [4.69, 9.17) is 23.2 Å². The molecule has 1 aromatic carbocycles. The second kappa shape index (κ2) is 17.2. The molecule has 0 bridgehead atoms. The molecule has 0 aliphatic rings. The van der Waals surface area contributed by atoms with Gasteiger partial charge in [0.1, 0.15) is 0 Å². The van der Waals surface area contributed by atoms with Crippen LogP contribution in [0, 0.1) is 11.3 Å². The minimum absolute atomic E-state index is 0.0745. The van der Waals surface area contributed by atoms with Crippen LogP contribution in [-0.4, -0.2) is 42.9 Å². The molecule has 1 rings (SSSR count). The number of unbranched alkanes of at least 4 members (excludes halogenated alkanes) is 9. The lowest BCUT2D eigenvalue weighted by atomic mass is 9.88. The first-order valence-electron chi connectivity index (χ1n) is 14.0. The highest BCUT2D eigenvalue weighted by Gasteiger charge is 2.33. The molecule has 0 radical (unpaired) electrons. The third-order valence-electron chi connectivity index (χ3n) is 6.45. The zero-order chi connectivity index (χ0) is 29.6. The quantitative estimate of drug-likeness (QED) is 0.103. The van der Waals surface area contributed by atoms with E-state index in [0.29, 0.717) is 12.1 Å². The molecule has 2 atom stereocenters. The number of hydrogen-bond acceptors (Lipinski definition) is 5. The van der Waals surface area contributed by atoms with Gasteiger partial charge in [0.15, 0.2) is 21.0 Å². The molecule has 7 nitrogen and oxygen atoms in total. The van der Waals surface area contributed by atoms with E-state index in [0.717, 1.165) is 19.3 Å². The Morgan fingerprint density at radius 2 is 1.41 bits per heavy atom. The molecule has 1 aromatic rings. The van der Waals surface area contributed by atoms with Crippen molar-refractivity contribution in [1.82, 2.24) is 0 Å². The minimum atomic E-state index is -3.37. The third-order valence-corrected chi connectivity index (χ3v) is 9.10. The summed E-state index contributed by atoms with van der Waals surface area (Å²) < 4.78 is 25.1. The molecule has 0 saturated heterocycles. The summed E-state index contributed by atoms with van der Waals surface area (Å²) in [7, 11) is -3.37. The fourth-order valence-corrected chi connectivity index (χ4v) is 6.28. The number of benzene rings is 1. The minimum Gasteiger partial charge on any atom is -0.326 e. The van der Waals surface area contributed by atoms with Gasteiger partial charge >= 0.3 is 0 Å². The molecule has 10 heteroatoms. The molecule has 0 fully saturated rings. The number of hydrogen-bond donors (Lipinski definition) is 2. The van der Waals surface area contributed by atoms with Crippen LogP contribution in [0.5, 0.6) is 0 Å². The summed E-state index contributed by atoms with van der Waals surface area (Å²) in [5, 5.41) is 3.99. The molecule has 0 aliphatic heterocycles. The Hall–Kier alpha value is -1.64. The van der Waals surface area contributed by atoms with Gasteiger partial charge in [0.2, 0.25) is 11.8 Å². The van der Waals surface area contributed by atoms with Gasteiger partial charge < -0.3 is 10.6 Å². The van der Waals surface area contributed by atoms with Crippen LogP contribution < -0.4 is 10.6 Å². The SMILES string of the molecule is CCCCCCCCCCCCS(=O)(=O)CC(C)C(=O)Nc1ccc(Cl)c(NC(=O)C(Cl)C(=O)C(C)(C)C)c1. The topological polar surface area (TPSA) is 109 Å². The van der Waals surface area contributed by atoms with Crippen LogP contribution in [0.25, 0.3) is 0 Å². The summed E-state index contributed by atoms with van der Waals surface area (Å²) >= 11 is 12.2. The summed E-state index contributed by atoms with van der Waals surface area (Å²) in [4.78, 5) is 37.5. The van der Waals surface area contributed by atoms with Gasteiger partial charge in [0.25, 0.3) is 0 Å². The summed E-state index contributed by atoms with van der Waals surface area (Å²) in [6.07, 6.45) is 11.2. The average molecular weight is 606 g/mol. The summed E-state index contributed by atoms with van der Waals surface area (Å²) in [5.41, 5.74) is -0.298. The Morgan fingerprint density at radius 3 is 1.95 bits per heavy atom. The third kappa shape index (κ3) is 14.0. The van der Waals surface area contributed by atoms with E-state index in [1.165, 1.54) is 50.7 Å². The molecule has 0 saturated carbocycles. The highest BCUT2D eigenvalue weighted by molar-refractivity contribution is 7.91. The van der Waals surface area contributed by atoms with Crippen molar-refractivity contribution in [3.63, 3.8) is 0 Å². The first-order chi connectivity index (χ1) is 18.2. The van der Waals surface area contributed by atoms with Gasteiger partial charge in [0, 0.05) is 17.0 Å². The van der Waals surface area contributed by atoms with Gasteiger partial charge in [-0.2, -0.15) is 0 Å². The second-order valence-corrected chi connectivity index (χ2v) is 14.4. The predicted octanol–water partition coefficient (Wildman–Crippen LogP) is 7.41. The molecule has 222 valence electrons. The van der Waals surface area contributed by atoms with Crippen LogP contribution in [0.3, 0.4) is 0 Å². The smallest absolute Gasteiger partial charge is 0.250 e. The Labute approximate surface area is 245 Å². The first-order valence-corrected chi connectivity index (χ1v) is 16.6. The summed E-state index contributed by atoms with van der Waals surface area (Å²) in [6.45, 7) is 8.77. The molecule has 2 N–H and O–H groups in total.